The molecule has 0 spiro atoms. The quantitative estimate of drug-likeness (QED) is 0.0559. The van der Waals surface area contributed by atoms with Gasteiger partial charge < -0.3 is 83.5 Å². The van der Waals surface area contributed by atoms with Crippen molar-refractivity contribution in [1.82, 2.24) is 0 Å². The summed E-state index contributed by atoms with van der Waals surface area (Å²) < 4.78 is 55.5. The SMILES string of the molecule is COC1CC(C)OC(CCC(C)C(O)C(C)C2OC(=O)/C=C/C(C)=C/CC(O)CC3C=CCC(CC(C)C(C)C(O)CC(O)C(C)C(C(C)C(O)C(C)CCC4CC(OC)CC(C)O4)OC(=O)/C(C)=C/CC(O)CC4C=CCC(CC(OC)C(C)C(O)CC(O)C2C)O4)O3)C1. The Bertz CT molecular complexity index is 2380. The Labute approximate surface area is 570 Å². The van der Waals surface area contributed by atoms with Gasteiger partial charge in [0.2, 0.25) is 0 Å². The van der Waals surface area contributed by atoms with E-state index in [1.807, 2.05) is 86.6 Å². The zero-order chi connectivity index (χ0) is 70.4. The molecule has 548 valence electrons. The molecule has 0 aromatic heterocycles. The maximum absolute atomic E-state index is 14.2. The van der Waals surface area contributed by atoms with Crippen molar-refractivity contribution in [3.63, 3.8) is 0 Å². The Morgan fingerprint density at radius 3 is 1.41 bits per heavy atom. The number of allylic oxidation sites excluding steroid dienone is 2. The first-order chi connectivity index (χ1) is 44.9. The highest BCUT2D eigenvalue weighted by molar-refractivity contribution is 5.87. The zero-order valence-corrected chi connectivity index (χ0v) is 60.7. The van der Waals surface area contributed by atoms with Gasteiger partial charge in [0, 0.05) is 81.8 Å². The van der Waals surface area contributed by atoms with Crippen molar-refractivity contribution in [2.75, 3.05) is 21.3 Å². The van der Waals surface area contributed by atoms with Gasteiger partial charge in [-0.2, -0.15) is 0 Å². The molecule has 0 saturated carbocycles. The van der Waals surface area contributed by atoms with Gasteiger partial charge in [0.1, 0.15) is 12.2 Å². The number of esters is 2. The van der Waals surface area contributed by atoms with Crippen LogP contribution in [0.1, 0.15) is 206 Å². The van der Waals surface area contributed by atoms with E-state index in [9.17, 15) is 50.4 Å². The second kappa shape index (κ2) is 41.1. The number of carbonyl (C=O) groups is 2. The Morgan fingerprint density at radius 2 is 0.937 bits per heavy atom. The van der Waals surface area contributed by atoms with E-state index >= 15 is 0 Å². The van der Waals surface area contributed by atoms with Crippen LogP contribution in [0.5, 0.6) is 0 Å². The number of aliphatic hydroxyl groups is 8. The maximum atomic E-state index is 14.2. The molecule has 19 heteroatoms. The third-order valence-electron chi connectivity index (χ3n) is 22.2. The number of cyclic esters (lactones) is 2. The molecule has 19 nitrogen and oxygen atoms in total. The standard InChI is InChI=1S/C76H130O19/c1-43-23-28-56(77)36-59-20-17-19-58(92-59)33-47(5)50(8)66(79)41-68(81)53(11)75(55(13)73(85)45(3)27-31-63-39-65(88-15)35-49(7)91-63)95-76(86)46(4)25-29-57(78)37-60-21-18-22-61(93-60)40-70(89-16)51(9)67(80)42-69(82)52(10)74(94-71(83)32-24-43)54(12)72(84)44(2)26-30-62-38-64(87-14)34-48(6)90-62/h17-18,20-21,23-25,32,44-45,47-70,72-75,77-82,84-85H,19,22,26-31,33-42H2,1-16H3/b32-24+,43-23+,46-25+. The fraction of sp³-hybridized carbons (Fsp3) is 0.842. The zero-order valence-electron chi connectivity index (χ0n) is 60.7. The number of ether oxygens (including phenoxy) is 9. The van der Waals surface area contributed by atoms with E-state index in [1.165, 1.54) is 6.08 Å². The summed E-state index contributed by atoms with van der Waals surface area (Å²) in [7, 11) is 5.01. The minimum Gasteiger partial charge on any atom is -0.458 e. The van der Waals surface area contributed by atoms with Gasteiger partial charge in [-0.1, -0.05) is 110 Å². The Kier molecular flexibility index (Phi) is 35.8. The summed E-state index contributed by atoms with van der Waals surface area (Å²) in [5.74, 6) is -5.27. The van der Waals surface area contributed by atoms with Crippen molar-refractivity contribution >= 4 is 11.9 Å². The molecule has 30 atom stereocenters. The normalized spacial score (nSPS) is 41.6. The van der Waals surface area contributed by atoms with E-state index in [-0.39, 0.29) is 116 Å². The van der Waals surface area contributed by atoms with Gasteiger partial charge in [-0.15, -0.1) is 0 Å². The lowest BCUT2D eigenvalue weighted by Gasteiger charge is -2.38. The summed E-state index contributed by atoms with van der Waals surface area (Å²) >= 11 is 0. The van der Waals surface area contributed by atoms with Gasteiger partial charge in [-0.25, -0.2) is 9.59 Å². The predicted octanol–water partition coefficient (Wildman–Crippen LogP) is 10.2. The molecule has 5 aliphatic rings. The second-order valence-electron chi connectivity index (χ2n) is 30.1. The van der Waals surface area contributed by atoms with Crippen LogP contribution in [-0.2, 0) is 52.2 Å². The average Bonchev–Trinajstić information content (AvgIpc) is 0.894. The largest absolute Gasteiger partial charge is 0.458 e. The number of hydrogen-bond donors (Lipinski definition) is 8. The van der Waals surface area contributed by atoms with E-state index in [0.717, 1.165) is 25.7 Å². The lowest BCUT2D eigenvalue weighted by Crippen LogP contribution is -2.45. The topological polar surface area (TPSA) is 279 Å². The van der Waals surface area contributed by atoms with Crippen LogP contribution in [0.25, 0.3) is 0 Å². The van der Waals surface area contributed by atoms with E-state index in [0.29, 0.717) is 63.4 Å². The fourth-order valence-electron chi connectivity index (χ4n) is 15.2. The van der Waals surface area contributed by atoms with Crippen LogP contribution >= 0.6 is 0 Å². The van der Waals surface area contributed by atoms with Gasteiger partial charge in [0.25, 0.3) is 0 Å². The summed E-state index contributed by atoms with van der Waals surface area (Å²) in [6.07, 6.45) is 11.9. The van der Waals surface area contributed by atoms with Crippen LogP contribution in [0.15, 0.2) is 59.8 Å². The highest BCUT2D eigenvalue weighted by Gasteiger charge is 2.42. The first-order valence-corrected chi connectivity index (χ1v) is 36.3. The molecule has 8 N–H and O–H groups in total. The number of carbonyl (C=O) groups excluding carboxylic acids is 2. The molecule has 95 heavy (non-hydrogen) atoms. The van der Waals surface area contributed by atoms with Gasteiger partial charge in [0.15, 0.2) is 0 Å². The van der Waals surface area contributed by atoms with E-state index < -0.39 is 115 Å². The molecule has 5 heterocycles. The van der Waals surface area contributed by atoms with Crippen LogP contribution in [0.3, 0.4) is 0 Å². The number of methoxy groups -OCH3 is 3. The van der Waals surface area contributed by atoms with Crippen LogP contribution in [0, 0.1) is 53.3 Å². The summed E-state index contributed by atoms with van der Waals surface area (Å²) in [4.78, 5) is 28.1. The number of rotatable bonds is 15. The highest BCUT2D eigenvalue weighted by Crippen LogP contribution is 2.37. The summed E-state index contributed by atoms with van der Waals surface area (Å²) in [5, 5.41) is 94.5. The second-order valence-corrected chi connectivity index (χ2v) is 30.1. The van der Waals surface area contributed by atoms with Gasteiger partial charge >= 0.3 is 11.9 Å². The maximum Gasteiger partial charge on any atom is 0.333 e. The molecule has 0 amide bonds. The predicted molar refractivity (Wildman–Crippen MR) is 367 cm³/mol. The molecule has 5 rings (SSSR count). The molecule has 5 aliphatic heterocycles. The minimum atomic E-state index is -1.17. The van der Waals surface area contributed by atoms with Crippen molar-refractivity contribution in [3.05, 3.63) is 59.8 Å². The molecule has 0 aromatic carbocycles. The van der Waals surface area contributed by atoms with Crippen LogP contribution in [0.4, 0.5) is 0 Å². The Hall–Kier alpha value is -2.96. The molecule has 4 bridgehead atoms. The summed E-state index contributed by atoms with van der Waals surface area (Å²) in [6.45, 7) is 24.5. The molecule has 0 aromatic rings. The Morgan fingerprint density at radius 1 is 0.495 bits per heavy atom. The average molecular weight is 1350 g/mol. The van der Waals surface area contributed by atoms with E-state index in [4.69, 9.17) is 42.6 Å². The third kappa shape index (κ3) is 26.8. The molecule has 30 unspecified atom stereocenters. The van der Waals surface area contributed by atoms with Gasteiger partial charge in [-0.3, -0.25) is 0 Å². The molecule has 2 saturated heterocycles. The Balaban J connectivity index is 1.36. The van der Waals surface area contributed by atoms with E-state index in [2.05, 4.69) is 13.0 Å². The van der Waals surface area contributed by atoms with Crippen molar-refractivity contribution in [2.24, 2.45) is 53.3 Å². The van der Waals surface area contributed by atoms with Crippen molar-refractivity contribution in [1.29, 1.82) is 0 Å². The smallest absolute Gasteiger partial charge is 0.333 e. The number of hydrogen-bond acceptors (Lipinski definition) is 19. The molecular weight excluding hydrogens is 1220 g/mol. The van der Waals surface area contributed by atoms with Gasteiger partial charge in [-0.05, 0) is 148 Å². The first-order valence-electron chi connectivity index (χ1n) is 36.3. The van der Waals surface area contributed by atoms with Crippen molar-refractivity contribution in [3.8, 4) is 0 Å². The third-order valence-corrected chi connectivity index (χ3v) is 22.2. The number of fused-ring (bicyclic) bond motifs is 4. The lowest BCUT2D eigenvalue weighted by molar-refractivity contribution is -0.159. The van der Waals surface area contributed by atoms with Crippen molar-refractivity contribution < 1.29 is 93.1 Å². The molecule has 0 aliphatic carbocycles. The number of aliphatic hydroxyl groups excluding tert-OH is 8. The van der Waals surface area contributed by atoms with Crippen LogP contribution in [-0.4, -0.2) is 202 Å². The minimum absolute atomic E-state index is 0.00677. The van der Waals surface area contributed by atoms with Gasteiger partial charge in [0.05, 0.1) is 116 Å². The summed E-state index contributed by atoms with van der Waals surface area (Å²) in [5.41, 5.74) is 0.957. The monoisotopic (exact) mass is 1350 g/mol. The highest BCUT2D eigenvalue weighted by atomic mass is 16.6. The molecular formula is C76H130O19. The summed E-state index contributed by atoms with van der Waals surface area (Å²) in [6, 6.07) is 0. The van der Waals surface area contributed by atoms with Crippen molar-refractivity contribution in [2.45, 2.75) is 334 Å². The molecule has 2 fully saturated rings. The van der Waals surface area contributed by atoms with Crippen LogP contribution in [0.2, 0.25) is 0 Å². The van der Waals surface area contributed by atoms with E-state index in [1.54, 1.807) is 54.3 Å². The van der Waals surface area contributed by atoms with Crippen LogP contribution < -0.4 is 0 Å². The first kappa shape index (κ1) is 82.7. The lowest BCUT2D eigenvalue weighted by atomic mass is 9.78. The molecule has 0 radical (unpaired) electrons. The fourth-order valence-corrected chi connectivity index (χ4v) is 15.2.